The van der Waals surface area contributed by atoms with E-state index < -0.39 is 17.9 Å². The van der Waals surface area contributed by atoms with Gasteiger partial charge in [-0.3, -0.25) is 4.79 Å². The van der Waals surface area contributed by atoms with Crippen LogP contribution >= 0.6 is 0 Å². The van der Waals surface area contributed by atoms with Crippen LogP contribution in [-0.2, 0) is 16.6 Å². The second-order valence-electron chi connectivity index (χ2n) is 4.08. The van der Waals surface area contributed by atoms with Crippen LogP contribution in [0, 0.1) is 5.82 Å². The Bertz CT molecular complexity index is 738. The Morgan fingerprint density at radius 2 is 2.10 bits per heavy atom. The van der Waals surface area contributed by atoms with Gasteiger partial charge in [0.05, 0.1) is 12.7 Å². The number of fused-ring (bicyclic) bond motifs is 1. The van der Waals surface area contributed by atoms with Crippen molar-refractivity contribution in [2.45, 2.75) is 0 Å². The number of aldehydes is 1. The zero-order valence-corrected chi connectivity index (χ0v) is 11.2. The van der Waals surface area contributed by atoms with Crippen LogP contribution in [0.2, 0.25) is 0 Å². The minimum atomic E-state index is -0.971. The predicted molar refractivity (Wildman–Crippen MR) is 69.2 cm³/mol. The molecule has 0 atom stereocenters. The first-order valence-corrected chi connectivity index (χ1v) is 5.77. The van der Waals surface area contributed by atoms with E-state index in [0.717, 1.165) is 13.2 Å². The standard InChI is InChI=1S/C13H11FN2O5/c1-16-10-4-3-7(14)5-8(10)9(6-17)11(16)12(18)21-15-13(19)20-2/h3-6H,1-2H3,(H,15,19). The number of hydroxylamine groups is 1. The van der Waals surface area contributed by atoms with Gasteiger partial charge in [-0.1, -0.05) is 0 Å². The molecule has 1 aromatic carbocycles. The number of ether oxygens (including phenoxy) is 1. The number of aryl methyl sites for hydroxylation is 1. The normalized spacial score (nSPS) is 10.2. The van der Waals surface area contributed by atoms with Gasteiger partial charge in [0.15, 0.2) is 6.29 Å². The maximum Gasteiger partial charge on any atom is 0.440 e. The minimum Gasteiger partial charge on any atom is -0.451 e. The third kappa shape index (κ3) is 2.55. The molecule has 2 rings (SSSR count). The van der Waals surface area contributed by atoms with Crippen LogP contribution in [0.1, 0.15) is 20.8 Å². The molecule has 1 aromatic heterocycles. The Hall–Kier alpha value is -2.90. The summed E-state index contributed by atoms with van der Waals surface area (Å²) >= 11 is 0. The smallest absolute Gasteiger partial charge is 0.440 e. The number of carbonyl (C=O) groups excluding carboxylic acids is 3. The van der Waals surface area contributed by atoms with Gasteiger partial charge in [0, 0.05) is 18.0 Å². The van der Waals surface area contributed by atoms with Gasteiger partial charge in [0.25, 0.3) is 0 Å². The summed E-state index contributed by atoms with van der Waals surface area (Å²) in [6.45, 7) is 0. The molecule has 0 bridgehead atoms. The molecule has 0 saturated carbocycles. The summed E-state index contributed by atoms with van der Waals surface area (Å²) in [6, 6.07) is 3.78. The van der Waals surface area contributed by atoms with Gasteiger partial charge in [0.2, 0.25) is 0 Å². The lowest BCUT2D eigenvalue weighted by Crippen LogP contribution is -2.28. The Labute approximate surface area is 118 Å². The summed E-state index contributed by atoms with van der Waals surface area (Å²) in [5.41, 5.74) is 2.09. The van der Waals surface area contributed by atoms with Crippen LogP contribution in [0.25, 0.3) is 10.9 Å². The first kappa shape index (κ1) is 14.5. The molecule has 0 radical (unpaired) electrons. The Balaban J connectivity index is 2.48. The van der Waals surface area contributed by atoms with E-state index in [1.807, 2.05) is 0 Å². The number of nitrogens with one attached hydrogen (secondary N) is 1. The number of hydrogen-bond donors (Lipinski definition) is 1. The topological polar surface area (TPSA) is 86.6 Å². The van der Waals surface area contributed by atoms with E-state index in [1.54, 1.807) is 5.48 Å². The molecule has 0 aliphatic heterocycles. The van der Waals surface area contributed by atoms with Crippen LogP contribution in [0.4, 0.5) is 9.18 Å². The summed E-state index contributed by atoms with van der Waals surface area (Å²) in [4.78, 5) is 38.6. The van der Waals surface area contributed by atoms with E-state index >= 15 is 0 Å². The molecule has 110 valence electrons. The number of halogens is 1. The molecule has 1 heterocycles. The van der Waals surface area contributed by atoms with E-state index in [4.69, 9.17) is 0 Å². The highest BCUT2D eigenvalue weighted by molar-refractivity contribution is 6.08. The monoisotopic (exact) mass is 294 g/mol. The van der Waals surface area contributed by atoms with Crippen LogP contribution in [0.3, 0.4) is 0 Å². The van der Waals surface area contributed by atoms with Gasteiger partial charge in [-0.25, -0.2) is 14.0 Å². The molecule has 8 heteroatoms. The lowest BCUT2D eigenvalue weighted by atomic mass is 10.1. The predicted octanol–water partition coefficient (Wildman–Crippen LogP) is 1.56. The first-order chi connectivity index (χ1) is 9.99. The molecule has 0 fully saturated rings. The van der Waals surface area contributed by atoms with Crippen molar-refractivity contribution in [3.63, 3.8) is 0 Å². The first-order valence-electron chi connectivity index (χ1n) is 5.77. The molecule has 21 heavy (non-hydrogen) atoms. The number of methoxy groups -OCH3 is 1. The molecule has 7 nitrogen and oxygen atoms in total. The molecule has 2 aromatic rings. The molecule has 1 N–H and O–H groups in total. The highest BCUT2D eigenvalue weighted by Crippen LogP contribution is 2.25. The maximum absolute atomic E-state index is 13.3. The van der Waals surface area contributed by atoms with Crippen LogP contribution in [-0.4, -0.2) is 30.0 Å². The van der Waals surface area contributed by atoms with Gasteiger partial charge < -0.3 is 14.1 Å². The van der Waals surface area contributed by atoms with Crippen LogP contribution < -0.4 is 5.48 Å². The highest BCUT2D eigenvalue weighted by Gasteiger charge is 2.23. The van der Waals surface area contributed by atoms with Crippen LogP contribution in [0.5, 0.6) is 0 Å². The average Bonchev–Trinajstić information content (AvgIpc) is 2.76. The SMILES string of the molecule is COC(=O)NOC(=O)c1c(C=O)c2cc(F)ccc2n1C. The van der Waals surface area contributed by atoms with Crippen molar-refractivity contribution >= 4 is 29.3 Å². The molecular formula is C13H11FN2O5. The van der Waals surface area contributed by atoms with E-state index in [-0.39, 0.29) is 16.6 Å². The fraction of sp³-hybridized carbons (Fsp3) is 0.154. The van der Waals surface area contributed by atoms with E-state index in [2.05, 4.69) is 9.57 Å². The highest BCUT2D eigenvalue weighted by atomic mass is 19.1. The fourth-order valence-corrected chi connectivity index (χ4v) is 1.99. The number of benzene rings is 1. The molecular weight excluding hydrogens is 283 g/mol. The van der Waals surface area contributed by atoms with Crippen molar-refractivity contribution in [3.05, 3.63) is 35.3 Å². The van der Waals surface area contributed by atoms with Gasteiger partial charge in [-0.2, -0.15) is 0 Å². The average molecular weight is 294 g/mol. The van der Waals surface area contributed by atoms with E-state index in [0.29, 0.717) is 11.8 Å². The number of aromatic nitrogens is 1. The van der Waals surface area contributed by atoms with Gasteiger partial charge in [0.1, 0.15) is 11.5 Å². The van der Waals surface area contributed by atoms with Crippen molar-refractivity contribution in [1.29, 1.82) is 0 Å². The lowest BCUT2D eigenvalue weighted by molar-refractivity contribution is 0.0228. The molecule has 0 aliphatic rings. The third-order valence-electron chi connectivity index (χ3n) is 2.92. The zero-order chi connectivity index (χ0) is 15.6. The third-order valence-corrected chi connectivity index (χ3v) is 2.92. The Kier molecular flexibility index (Phi) is 3.88. The molecule has 1 amide bonds. The van der Waals surface area contributed by atoms with Crippen molar-refractivity contribution in [2.75, 3.05) is 7.11 Å². The summed E-state index contributed by atoms with van der Waals surface area (Å²) < 4.78 is 18.9. The second-order valence-corrected chi connectivity index (χ2v) is 4.08. The quantitative estimate of drug-likeness (QED) is 0.671. The van der Waals surface area contributed by atoms with Gasteiger partial charge in [-0.15, -0.1) is 5.48 Å². The fourth-order valence-electron chi connectivity index (χ4n) is 1.99. The number of amides is 1. The van der Waals surface area contributed by atoms with Crippen molar-refractivity contribution in [3.8, 4) is 0 Å². The summed E-state index contributed by atoms with van der Waals surface area (Å²) in [5.74, 6) is -1.51. The maximum atomic E-state index is 13.3. The van der Waals surface area contributed by atoms with Gasteiger partial charge >= 0.3 is 12.1 Å². The second kappa shape index (κ2) is 5.61. The number of carbonyl (C=O) groups is 3. The van der Waals surface area contributed by atoms with Crippen molar-refractivity contribution in [1.82, 2.24) is 10.0 Å². The molecule has 0 unspecified atom stereocenters. The number of nitrogens with zero attached hydrogens (tertiary/aromatic N) is 1. The zero-order valence-electron chi connectivity index (χ0n) is 11.2. The summed E-state index contributed by atoms with van der Waals surface area (Å²) in [5, 5.41) is 0.275. The number of rotatable bonds is 2. The lowest BCUT2D eigenvalue weighted by Gasteiger charge is -2.06. The Morgan fingerprint density at radius 3 is 2.71 bits per heavy atom. The van der Waals surface area contributed by atoms with Gasteiger partial charge in [-0.05, 0) is 18.2 Å². The van der Waals surface area contributed by atoms with Crippen molar-refractivity contribution < 1.29 is 28.3 Å². The summed E-state index contributed by atoms with van der Waals surface area (Å²) in [7, 11) is 2.61. The number of hydrogen-bond acceptors (Lipinski definition) is 5. The molecule has 0 spiro atoms. The van der Waals surface area contributed by atoms with E-state index in [9.17, 15) is 18.8 Å². The molecule has 0 aliphatic carbocycles. The van der Waals surface area contributed by atoms with Crippen LogP contribution in [0.15, 0.2) is 18.2 Å². The summed E-state index contributed by atoms with van der Waals surface area (Å²) in [6.07, 6.45) is -0.544. The largest absolute Gasteiger partial charge is 0.451 e. The van der Waals surface area contributed by atoms with Crippen molar-refractivity contribution in [2.24, 2.45) is 7.05 Å². The molecule has 0 saturated heterocycles. The minimum absolute atomic E-state index is 0.0244. The Morgan fingerprint density at radius 1 is 1.38 bits per heavy atom. The van der Waals surface area contributed by atoms with E-state index in [1.165, 1.54) is 23.7 Å².